The summed E-state index contributed by atoms with van der Waals surface area (Å²) in [5.41, 5.74) is 2.40. The van der Waals surface area contributed by atoms with E-state index in [-0.39, 0.29) is 5.91 Å². The molecule has 1 fully saturated rings. The Balaban J connectivity index is 1.73. The number of aromatic nitrogens is 1. The summed E-state index contributed by atoms with van der Waals surface area (Å²) in [6, 6.07) is 11.3. The summed E-state index contributed by atoms with van der Waals surface area (Å²) in [7, 11) is 1.55. The van der Waals surface area contributed by atoms with E-state index < -0.39 is 0 Å². The largest absolute Gasteiger partial charge is 0.481 e. The third kappa shape index (κ3) is 4.09. The maximum Gasteiger partial charge on any atom is 0.257 e. The van der Waals surface area contributed by atoms with Crippen molar-refractivity contribution in [3.63, 3.8) is 0 Å². The average Bonchev–Trinajstić information content (AvgIpc) is 2.68. The van der Waals surface area contributed by atoms with Crippen LogP contribution < -0.4 is 15.0 Å². The van der Waals surface area contributed by atoms with Gasteiger partial charge in [-0.3, -0.25) is 4.79 Å². The van der Waals surface area contributed by atoms with Gasteiger partial charge in [-0.15, -0.1) is 0 Å². The minimum Gasteiger partial charge on any atom is -0.481 e. The molecule has 1 saturated heterocycles. The number of hydrogen-bond donors (Lipinski definition) is 1. The minimum atomic E-state index is -0.171. The Morgan fingerprint density at radius 3 is 2.56 bits per heavy atom. The fourth-order valence-electron chi connectivity index (χ4n) is 2.99. The number of rotatable bonds is 5. The van der Waals surface area contributed by atoms with Gasteiger partial charge in [0.2, 0.25) is 5.88 Å². The van der Waals surface area contributed by atoms with Crippen LogP contribution in [0, 0.1) is 0 Å². The lowest BCUT2D eigenvalue weighted by molar-refractivity contribution is 0.102. The van der Waals surface area contributed by atoms with Gasteiger partial charge in [0.05, 0.1) is 24.0 Å². The second-order valence-corrected chi connectivity index (χ2v) is 5.98. The van der Waals surface area contributed by atoms with E-state index in [1.54, 1.807) is 19.2 Å². The third-order valence-corrected chi connectivity index (χ3v) is 4.52. The summed E-state index contributed by atoms with van der Waals surface area (Å²) in [4.78, 5) is 21.4. The normalized spacial score (nSPS) is 15.0. The molecule has 1 amide bonds. The number of nitrogens with zero attached hydrogens (tertiary/aromatic N) is 3. The lowest BCUT2D eigenvalue weighted by Gasteiger charge is -2.36. The van der Waals surface area contributed by atoms with Gasteiger partial charge >= 0.3 is 0 Å². The van der Waals surface area contributed by atoms with Crippen LogP contribution >= 0.6 is 0 Å². The van der Waals surface area contributed by atoms with Crippen molar-refractivity contribution >= 4 is 17.3 Å². The summed E-state index contributed by atoms with van der Waals surface area (Å²) >= 11 is 0. The number of para-hydroxylation sites is 2. The lowest BCUT2D eigenvalue weighted by atomic mass is 10.2. The van der Waals surface area contributed by atoms with Gasteiger partial charge in [-0.25, -0.2) is 4.98 Å². The predicted octanol–water partition coefficient (Wildman–Crippen LogP) is 2.48. The quantitative estimate of drug-likeness (QED) is 0.906. The standard InChI is InChI=1S/C19H24N4O2/c1-3-22-10-12-23(13-11-22)17-7-5-4-6-16(17)21-19(24)15-8-9-18(25-2)20-14-15/h4-9,14H,3,10-13H2,1-2H3,(H,21,24). The number of pyridine rings is 1. The highest BCUT2D eigenvalue weighted by atomic mass is 16.5. The van der Waals surface area contributed by atoms with Crippen molar-refractivity contribution in [2.24, 2.45) is 0 Å². The Morgan fingerprint density at radius 2 is 1.92 bits per heavy atom. The molecule has 2 aromatic rings. The zero-order chi connectivity index (χ0) is 17.6. The monoisotopic (exact) mass is 340 g/mol. The van der Waals surface area contributed by atoms with E-state index in [2.05, 4.69) is 33.1 Å². The topological polar surface area (TPSA) is 57.7 Å². The van der Waals surface area contributed by atoms with Gasteiger partial charge in [-0.1, -0.05) is 19.1 Å². The molecule has 1 N–H and O–H groups in total. The van der Waals surface area contributed by atoms with Crippen LogP contribution in [0.25, 0.3) is 0 Å². The van der Waals surface area contributed by atoms with E-state index in [1.165, 1.54) is 6.20 Å². The summed E-state index contributed by atoms with van der Waals surface area (Å²) < 4.78 is 5.03. The molecule has 0 unspecified atom stereocenters. The molecule has 132 valence electrons. The van der Waals surface area contributed by atoms with Crippen molar-refractivity contribution in [2.75, 3.05) is 50.1 Å². The maximum atomic E-state index is 12.5. The average molecular weight is 340 g/mol. The van der Waals surface area contributed by atoms with E-state index >= 15 is 0 Å². The Kier molecular flexibility index (Phi) is 5.50. The Labute approximate surface area is 148 Å². The maximum absolute atomic E-state index is 12.5. The SMILES string of the molecule is CCN1CCN(c2ccccc2NC(=O)c2ccc(OC)nc2)CC1. The second-order valence-electron chi connectivity index (χ2n) is 5.98. The van der Waals surface area contributed by atoms with Crippen molar-refractivity contribution in [3.8, 4) is 5.88 Å². The van der Waals surface area contributed by atoms with Gasteiger partial charge < -0.3 is 19.9 Å². The predicted molar refractivity (Wildman–Crippen MR) is 99.5 cm³/mol. The number of anilines is 2. The Morgan fingerprint density at radius 1 is 1.16 bits per heavy atom. The number of benzene rings is 1. The number of carbonyl (C=O) groups is 1. The zero-order valence-electron chi connectivity index (χ0n) is 14.7. The molecule has 0 aliphatic carbocycles. The van der Waals surface area contributed by atoms with Crippen LogP contribution in [-0.4, -0.2) is 55.6 Å². The molecule has 0 bridgehead atoms. The highest BCUT2D eigenvalue weighted by Crippen LogP contribution is 2.27. The first kappa shape index (κ1) is 17.2. The lowest BCUT2D eigenvalue weighted by Crippen LogP contribution is -2.46. The third-order valence-electron chi connectivity index (χ3n) is 4.52. The fourth-order valence-corrected chi connectivity index (χ4v) is 2.99. The fraction of sp³-hybridized carbons (Fsp3) is 0.368. The van der Waals surface area contributed by atoms with Gasteiger partial charge in [-0.05, 0) is 24.7 Å². The molecular weight excluding hydrogens is 316 g/mol. The van der Waals surface area contributed by atoms with E-state index in [9.17, 15) is 4.79 Å². The van der Waals surface area contributed by atoms with Crippen molar-refractivity contribution in [1.29, 1.82) is 0 Å². The molecule has 2 heterocycles. The van der Waals surface area contributed by atoms with Crippen LogP contribution in [0.4, 0.5) is 11.4 Å². The molecule has 25 heavy (non-hydrogen) atoms. The molecule has 0 saturated carbocycles. The molecule has 0 spiro atoms. The van der Waals surface area contributed by atoms with Crippen molar-refractivity contribution in [3.05, 3.63) is 48.2 Å². The van der Waals surface area contributed by atoms with Gasteiger partial charge in [0, 0.05) is 38.4 Å². The van der Waals surface area contributed by atoms with Crippen LogP contribution in [0.1, 0.15) is 17.3 Å². The van der Waals surface area contributed by atoms with E-state index in [0.29, 0.717) is 11.4 Å². The van der Waals surface area contributed by atoms with Crippen LogP contribution in [0.5, 0.6) is 5.88 Å². The molecule has 1 aliphatic heterocycles. The number of piperazine rings is 1. The highest BCUT2D eigenvalue weighted by Gasteiger charge is 2.19. The number of methoxy groups -OCH3 is 1. The molecule has 1 aromatic heterocycles. The summed E-state index contributed by atoms with van der Waals surface area (Å²) in [5, 5.41) is 3.01. The number of hydrogen-bond acceptors (Lipinski definition) is 5. The van der Waals surface area contributed by atoms with E-state index in [4.69, 9.17) is 4.74 Å². The molecule has 1 aromatic carbocycles. The first-order valence-electron chi connectivity index (χ1n) is 8.59. The second kappa shape index (κ2) is 7.98. The minimum absolute atomic E-state index is 0.171. The first-order chi connectivity index (χ1) is 12.2. The molecule has 0 atom stereocenters. The van der Waals surface area contributed by atoms with Crippen LogP contribution in [0.3, 0.4) is 0 Å². The van der Waals surface area contributed by atoms with Crippen LogP contribution in [-0.2, 0) is 0 Å². The van der Waals surface area contributed by atoms with Crippen molar-refractivity contribution in [2.45, 2.75) is 6.92 Å². The van der Waals surface area contributed by atoms with E-state index in [1.807, 2.05) is 18.2 Å². The first-order valence-corrected chi connectivity index (χ1v) is 8.59. The number of nitrogens with one attached hydrogen (secondary N) is 1. The summed E-state index contributed by atoms with van der Waals surface area (Å²) in [6.07, 6.45) is 1.52. The molecule has 6 heteroatoms. The van der Waals surface area contributed by atoms with E-state index in [0.717, 1.165) is 44.1 Å². The molecule has 3 rings (SSSR count). The van der Waals surface area contributed by atoms with Crippen LogP contribution in [0.15, 0.2) is 42.6 Å². The molecule has 6 nitrogen and oxygen atoms in total. The number of ether oxygens (including phenoxy) is 1. The van der Waals surface area contributed by atoms with Gasteiger partial charge in [-0.2, -0.15) is 0 Å². The highest BCUT2D eigenvalue weighted by molar-refractivity contribution is 6.05. The van der Waals surface area contributed by atoms with Gasteiger partial charge in [0.1, 0.15) is 0 Å². The molecular formula is C19H24N4O2. The number of amides is 1. The van der Waals surface area contributed by atoms with Crippen molar-refractivity contribution in [1.82, 2.24) is 9.88 Å². The smallest absolute Gasteiger partial charge is 0.257 e. The molecule has 1 aliphatic rings. The van der Waals surface area contributed by atoms with Crippen LogP contribution in [0.2, 0.25) is 0 Å². The summed E-state index contributed by atoms with van der Waals surface area (Å²) in [6.45, 7) is 7.28. The Bertz CT molecular complexity index is 710. The molecule has 0 radical (unpaired) electrons. The Hall–Kier alpha value is -2.60. The number of likely N-dealkylation sites (N-methyl/N-ethyl adjacent to an activating group) is 1. The van der Waals surface area contributed by atoms with Crippen molar-refractivity contribution < 1.29 is 9.53 Å². The zero-order valence-corrected chi connectivity index (χ0v) is 14.7. The van der Waals surface area contributed by atoms with Gasteiger partial charge in [0.15, 0.2) is 0 Å². The summed E-state index contributed by atoms with van der Waals surface area (Å²) in [5.74, 6) is 0.320. The van der Waals surface area contributed by atoms with Gasteiger partial charge in [0.25, 0.3) is 5.91 Å². The number of carbonyl (C=O) groups excluding carboxylic acids is 1.